The Morgan fingerprint density at radius 1 is 1.42 bits per heavy atom. The molecule has 1 atom stereocenters. The van der Waals surface area contributed by atoms with E-state index in [9.17, 15) is 4.39 Å². The SMILES string of the molecule is CC(C1CCCC1)n1c(N)nc2cc(Br)c(F)cc21. The van der Waals surface area contributed by atoms with Crippen molar-refractivity contribution in [2.45, 2.75) is 38.6 Å². The third kappa shape index (κ3) is 2.14. The monoisotopic (exact) mass is 325 g/mol. The van der Waals surface area contributed by atoms with Gasteiger partial charge in [-0.25, -0.2) is 9.37 Å². The molecule has 3 rings (SSSR count). The van der Waals surface area contributed by atoms with Crippen LogP contribution >= 0.6 is 15.9 Å². The number of aromatic nitrogens is 2. The molecular weight excluding hydrogens is 309 g/mol. The lowest BCUT2D eigenvalue weighted by Crippen LogP contribution is -2.16. The first-order valence-electron chi connectivity index (χ1n) is 6.70. The average Bonchev–Trinajstić information content (AvgIpc) is 2.97. The maximum Gasteiger partial charge on any atom is 0.201 e. The van der Waals surface area contributed by atoms with E-state index in [2.05, 4.69) is 27.8 Å². The molecule has 0 saturated heterocycles. The van der Waals surface area contributed by atoms with Crippen LogP contribution in [-0.4, -0.2) is 9.55 Å². The van der Waals surface area contributed by atoms with Gasteiger partial charge in [-0.1, -0.05) is 12.8 Å². The van der Waals surface area contributed by atoms with E-state index in [0.29, 0.717) is 16.3 Å². The molecule has 2 N–H and O–H groups in total. The Balaban J connectivity index is 2.11. The average molecular weight is 326 g/mol. The standard InChI is InChI=1S/C14H17BrFN3/c1-8(9-4-2-3-5-9)19-13-7-11(16)10(15)6-12(13)18-14(19)17/h6-9H,2-5H2,1H3,(H2,17,18). The second-order valence-corrected chi connectivity index (χ2v) is 6.23. The van der Waals surface area contributed by atoms with Crippen molar-refractivity contribution in [3.8, 4) is 0 Å². The Morgan fingerprint density at radius 2 is 2.11 bits per heavy atom. The van der Waals surface area contributed by atoms with E-state index >= 15 is 0 Å². The third-order valence-electron chi connectivity index (χ3n) is 4.25. The third-order valence-corrected chi connectivity index (χ3v) is 4.86. The van der Waals surface area contributed by atoms with Crippen molar-refractivity contribution < 1.29 is 4.39 Å². The maximum absolute atomic E-state index is 13.7. The molecule has 0 radical (unpaired) electrons. The first kappa shape index (κ1) is 12.9. The summed E-state index contributed by atoms with van der Waals surface area (Å²) in [6, 6.07) is 3.49. The largest absolute Gasteiger partial charge is 0.369 e. The number of benzene rings is 1. The molecule has 1 aliphatic rings. The second kappa shape index (κ2) is 4.78. The van der Waals surface area contributed by atoms with Crippen LogP contribution in [0.25, 0.3) is 11.0 Å². The fourth-order valence-electron chi connectivity index (χ4n) is 3.19. The highest BCUT2D eigenvalue weighted by atomic mass is 79.9. The first-order chi connectivity index (χ1) is 9.08. The van der Waals surface area contributed by atoms with Crippen LogP contribution in [0.3, 0.4) is 0 Å². The molecule has 1 heterocycles. The van der Waals surface area contributed by atoms with Gasteiger partial charge >= 0.3 is 0 Å². The number of anilines is 1. The fraction of sp³-hybridized carbons (Fsp3) is 0.500. The lowest BCUT2D eigenvalue weighted by Gasteiger charge is -2.22. The molecule has 1 unspecified atom stereocenters. The van der Waals surface area contributed by atoms with Gasteiger partial charge in [0.1, 0.15) is 5.82 Å². The Morgan fingerprint density at radius 3 is 2.79 bits per heavy atom. The summed E-state index contributed by atoms with van der Waals surface area (Å²) in [5, 5.41) is 0. The van der Waals surface area contributed by atoms with Crippen LogP contribution in [0.5, 0.6) is 0 Å². The Labute approximate surface area is 120 Å². The number of hydrogen-bond acceptors (Lipinski definition) is 2. The predicted molar refractivity (Wildman–Crippen MR) is 78.5 cm³/mol. The summed E-state index contributed by atoms with van der Waals surface area (Å²) >= 11 is 3.19. The number of fused-ring (bicyclic) bond motifs is 1. The molecule has 3 nitrogen and oxygen atoms in total. The molecule has 19 heavy (non-hydrogen) atoms. The number of nitrogens with zero attached hydrogens (tertiary/aromatic N) is 2. The zero-order chi connectivity index (χ0) is 13.6. The molecule has 1 aliphatic carbocycles. The van der Waals surface area contributed by atoms with Crippen molar-refractivity contribution in [1.82, 2.24) is 9.55 Å². The van der Waals surface area contributed by atoms with Crippen molar-refractivity contribution in [3.63, 3.8) is 0 Å². The van der Waals surface area contributed by atoms with Crippen molar-refractivity contribution in [1.29, 1.82) is 0 Å². The number of halogens is 2. The number of nitrogens with two attached hydrogens (primary N) is 1. The van der Waals surface area contributed by atoms with Gasteiger partial charge < -0.3 is 10.3 Å². The van der Waals surface area contributed by atoms with Crippen molar-refractivity contribution in [2.75, 3.05) is 5.73 Å². The number of hydrogen-bond donors (Lipinski definition) is 1. The molecule has 0 amide bonds. The van der Waals surface area contributed by atoms with E-state index in [1.807, 2.05) is 4.57 Å². The minimum Gasteiger partial charge on any atom is -0.369 e. The van der Waals surface area contributed by atoms with E-state index in [1.165, 1.54) is 31.7 Å². The first-order valence-corrected chi connectivity index (χ1v) is 7.49. The molecule has 1 saturated carbocycles. The maximum atomic E-state index is 13.7. The van der Waals surface area contributed by atoms with Crippen LogP contribution in [0.4, 0.5) is 10.3 Å². The molecule has 1 fully saturated rings. The van der Waals surface area contributed by atoms with Crippen LogP contribution in [0.2, 0.25) is 0 Å². The van der Waals surface area contributed by atoms with E-state index in [0.717, 1.165) is 11.0 Å². The van der Waals surface area contributed by atoms with Crippen LogP contribution in [0, 0.1) is 11.7 Å². The molecule has 1 aromatic carbocycles. The summed E-state index contributed by atoms with van der Waals surface area (Å²) in [4.78, 5) is 4.35. The quantitative estimate of drug-likeness (QED) is 0.895. The number of imidazole rings is 1. The zero-order valence-corrected chi connectivity index (χ0v) is 12.5. The second-order valence-electron chi connectivity index (χ2n) is 5.38. The minimum atomic E-state index is -0.271. The zero-order valence-electron chi connectivity index (χ0n) is 10.9. The van der Waals surface area contributed by atoms with Gasteiger partial charge in [-0.15, -0.1) is 0 Å². The van der Waals surface area contributed by atoms with Crippen LogP contribution in [0.15, 0.2) is 16.6 Å². The van der Waals surface area contributed by atoms with Gasteiger partial charge in [0, 0.05) is 12.1 Å². The topological polar surface area (TPSA) is 43.8 Å². The summed E-state index contributed by atoms with van der Waals surface area (Å²) in [6.45, 7) is 2.16. The lowest BCUT2D eigenvalue weighted by atomic mass is 9.99. The van der Waals surface area contributed by atoms with Gasteiger partial charge in [-0.3, -0.25) is 0 Å². The summed E-state index contributed by atoms with van der Waals surface area (Å²) < 4.78 is 16.2. The van der Waals surface area contributed by atoms with Gasteiger partial charge in [0.2, 0.25) is 5.95 Å². The van der Waals surface area contributed by atoms with Crippen LogP contribution in [0.1, 0.15) is 38.6 Å². The summed E-state index contributed by atoms with van der Waals surface area (Å²) in [5.74, 6) is 0.825. The smallest absolute Gasteiger partial charge is 0.201 e. The summed E-state index contributed by atoms with van der Waals surface area (Å²) in [5.41, 5.74) is 7.57. The van der Waals surface area contributed by atoms with Crippen LogP contribution in [-0.2, 0) is 0 Å². The van der Waals surface area contributed by atoms with Crippen molar-refractivity contribution in [2.24, 2.45) is 5.92 Å². The van der Waals surface area contributed by atoms with Gasteiger partial charge in [-0.05, 0) is 47.7 Å². The van der Waals surface area contributed by atoms with Crippen LogP contribution < -0.4 is 5.73 Å². The lowest BCUT2D eigenvalue weighted by molar-refractivity contribution is 0.371. The van der Waals surface area contributed by atoms with Crippen molar-refractivity contribution in [3.05, 3.63) is 22.4 Å². The molecule has 0 aliphatic heterocycles. The minimum absolute atomic E-state index is 0.271. The molecule has 0 bridgehead atoms. The molecule has 0 spiro atoms. The fourth-order valence-corrected chi connectivity index (χ4v) is 3.52. The van der Waals surface area contributed by atoms with Gasteiger partial charge in [0.05, 0.1) is 15.5 Å². The molecule has 5 heteroatoms. The molecule has 102 valence electrons. The van der Waals surface area contributed by atoms with E-state index < -0.39 is 0 Å². The highest BCUT2D eigenvalue weighted by Gasteiger charge is 2.26. The van der Waals surface area contributed by atoms with E-state index in [4.69, 9.17) is 5.73 Å². The van der Waals surface area contributed by atoms with Gasteiger partial charge in [0.25, 0.3) is 0 Å². The van der Waals surface area contributed by atoms with Crippen molar-refractivity contribution >= 4 is 32.9 Å². The summed E-state index contributed by atoms with van der Waals surface area (Å²) in [6.07, 6.45) is 5.00. The Hall–Kier alpha value is -1.10. The number of rotatable bonds is 2. The predicted octanol–water partition coefficient (Wildman–Crippen LogP) is 4.27. The summed E-state index contributed by atoms with van der Waals surface area (Å²) in [7, 11) is 0. The Bertz CT molecular complexity index is 617. The Kier molecular flexibility index (Phi) is 3.25. The molecule has 1 aromatic heterocycles. The van der Waals surface area contributed by atoms with Gasteiger partial charge in [-0.2, -0.15) is 0 Å². The molecule has 2 aromatic rings. The highest BCUT2D eigenvalue weighted by Crippen LogP contribution is 2.37. The molecular formula is C14H17BrFN3. The number of nitrogen functional groups attached to an aromatic ring is 1. The normalized spacial score (nSPS) is 18.3. The van der Waals surface area contributed by atoms with Gasteiger partial charge in [0.15, 0.2) is 0 Å². The highest BCUT2D eigenvalue weighted by molar-refractivity contribution is 9.10. The van der Waals surface area contributed by atoms with E-state index in [1.54, 1.807) is 6.07 Å². The van der Waals surface area contributed by atoms with E-state index in [-0.39, 0.29) is 11.9 Å².